The molecule has 0 bridgehead atoms. The molecule has 0 spiro atoms. The van der Waals surface area contributed by atoms with Crippen LogP contribution in [0, 0.1) is 5.82 Å². The van der Waals surface area contributed by atoms with Gasteiger partial charge in [-0.15, -0.1) is 0 Å². The van der Waals surface area contributed by atoms with Crippen molar-refractivity contribution in [2.75, 3.05) is 5.75 Å². The minimum atomic E-state index is -3.60. The Hall–Kier alpha value is 0.0200. The Morgan fingerprint density at radius 3 is 2.53 bits per heavy atom. The largest absolute Gasteiger partial charge is 0.385 e. The predicted octanol–water partition coefficient (Wildman–Crippen LogP) is 2.74. The SMILES string of the molecule is CCS(=O)(=O)C(Br)(Br)C(O)c1cccc(F)c1. The summed E-state index contributed by atoms with van der Waals surface area (Å²) in [6.07, 6.45) is -1.41. The molecule has 0 saturated carbocycles. The number of hydrogen-bond acceptors (Lipinski definition) is 3. The number of aliphatic hydroxyl groups excluding tert-OH is 1. The van der Waals surface area contributed by atoms with Crippen LogP contribution in [0.2, 0.25) is 0 Å². The van der Waals surface area contributed by atoms with Gasteiger partial charge in [-0.3, -0.25) is 0 Å². The maximum absolute atomic E-state index is 13.0. The molecule has 0 radical (unpaired) electrons. The van der Waals surface area contributed by atoms with Gasteiger partial charge >= 0.3 is 0 Å². The summed E-state index contributed by atoms with van der Waals surface area (Å²) in [5.41, 5.74) is 0.177. The minimum absolute atomic E-state index is 0.157. The van der Waals surface area contributed by atoms with Crippen LogP contribution in [0.5, 0.6) is 0 Å². The molecule has 1 rings (SSSR count). The Morgan fingerprint density at radius 2 is 2.06 bits per heavy atom. The van der Waals surface area contributed by atoms with Gasteiger partial charge in [0.15, 0.2) is 9.84 Å². The third kappa shape index (κ3) is 3.07. The first-order valence-corrected chi connectivity index (χ1v) is 8.00. The van der Waals surface area contributed by atoms with E-state index in [1.807, 2.05) is 0 Å². The Balaban J connectivity index is 3.17. The van der Waals surface area contributed by atoms with Crippen LogP contribution in [0.25, 0.3) is 0 Å². The van der Waals surface area contributed by atoms with Gasteiger partial charge in [0.25, 0.3) is 0 Å². The van der Waals surface area contributed by atoms with Crippen molar-refractivity contribution >= 4 is 41.7 Å². The fourth-order valence-electron chi connectivity index (χ4n) is 1.23. The van der Waals surface area contributed by atoms with Gasteiger partial charge in [0.2, 0.25) is 2.57 Å². The van der Waals surface area contributed by atoms with Gasteiger partial charge < -0.3 is 5.11 Å². The van der Waals surface area contributed by atoms with Crippen LogP contribution in [-0.4, -0.2) is 21.8 Å². The predicted molar refractivity (Wildman–Crippen MR) is 71.4 cm³/mol. The molecule has 1 N–H and O–H groups in total. The second kappa shape index (κ2) is 5.34. The molecule has 7 heteroatoms. The number of benzene rings is 1. The van der Waals surface area contributed by atoms with Crippen molar-refractivity contribution in [3.8, 4) is 0 Å². The summed E-state index contributed by atoms with van der Waals surface area (Å²) in [6, 6.07) is 5.17. The summed E-state index contributed by atoms with van der Waals surface area (Å²) < 4.78 is 34.8. The topological polar surface area (TPSA) is 54.4 Å². The number of sulfone groups is 1. The minimum Gasteiger partial charge on any atom is -0.385 e. The van der Waals surface area contributed by atoms with E-state index < -0.39 is 24.3 Å². The van der Waals surface area contributed by atoms with Crippen molar-refractivity contribution in [2.24, 2.45) is 0 Å². The molecule has 0 aromatic heterocycles. The average Bonchev–Trinajstić information content (AvgIpc) is 2.27. The van der Waals surface area contributed by atoms with Crippen LogP contribution < -0.4 is 0 Å². The van der Waals surface area contributed by atoms with Crippen molar-refractivity contribution in [2.45, 2.75) is 15.6 Å². The zero-order valence-corrected chi connectivity index (χ0v) is 12.9. The molecule has 0 aliphatic carbocycles. The summed E-state index contributed by atoms with van der Waals surface area (Å²) in [7, 11) is -3.60. The lowest BCUT2D eigenvalue weighted by Gasteiger charge is -2.26. The quantitative estimate of drug-likeness (QED) is 0.805. The highest BCUT2D eigenvalue weighted by atomic mass is 79.9. The number of alkyl halides is 2. The highest BCUT2D eigenvalue weighted by Crippen LogP contribution is 2.44. The van der Waals surface area contributed by atoms with E-state index in [1.54, 1.807) is 0 Å². The fourth-order valence-corrected chi connectivity index (χ4v) is 4.00. The van der Waals surface area contributed by atoms with Gasteiger partial charge in [-0.2, -0.15) is 0 Å². The van der Waals surface area contributed by atoms with Crippen LogP contribution in [0.1, 0.15) is 18.6 Å². The molecule has 0 saturated heterocycles. The summed E-state index contributed by atoms with van der Waals surface area (Å²) in [5, 5.41) is 10.00. The maximum Gasteiger partial charge on any atom is 0.210 e. The zero-order valence-electron chi connectivity index (χ0n) is 8.90. The molecule has 0 aliphatic heterocycles. The molecule has 0 amide bonds. The highest BCUT2D eigenvalue weighted by Gasteiger charge is 2.45. The van der Waals surface area contributed by atoms with Gasteiger partial charge in [0.05, 0.1) is 0 Å². The zero-order chi connectivity index (χ0) is 13.3. The maximum atomic E-state index is 13.0. The number of rotatable bonds is 4. The van der Waals surface area contributed by atoms with Crippen molar-refractivity contribution in [1.29, 1.82) is 0 Å². The Morgan fingerprint density at radius 1 is 1.47 bits per heavy atom. The van der Waals surface area contributed by atoms with Crippen LogP contribution in [0.3, 0.4) is 0 Å². The molecule has 1 atom stereocenters. The third-order valence-corrected chi connectivity index (χ3v) is 7.92. The lowest BCUT2D eigenvalue weighted by atomic mass is 10.1. The molecule has 96 valence electrons. The van der Waals surface area contributed by atoms with E-state index in [4.69, 9.17) is 0 Å². The lowest BCUT2D eigenvalue weighted by molar-refractivity contribution is 0.188. The molecule has 0 aliphatic rings. The number of aliphatic hydroxyl groups is 1. The number of halogens is 3. The normalized spacial score (nSPS) is 14.6. The summed E-state index contributed by atoms with van der Waals surface area (Å²) >= 11 is 5.89. The molecule has 1 aromatic carbocycles. The van der Waals surface area contributed by atoms with Crippen molar-refractivity contribution < 1.29 is 17.9 Å². The van der Waals surface area contributed by atoms with Crippen LogP contribution in [0.4, 0.5) is 4.39 Å². The van der Waals surface area contributed by atoms with E-state index in [9.17, 15) is 17.9 Å². The van der Waals surface area contributed by atoms with Crippen LogP contribution in [0.15, 0.2) is 24.3 Å². The molecule has 3 nitrogen and oxygen atoms in total. The molecular formula is C10H11Br2FO3S. The molecule has 17 heavy (non-hydrogen) atoms. The molecular weight excluding hydrogens is 379 g/mol. The first-order valence-electron chi connectivity index (χ1n) is 4.76. The second-order valence-electron chi connectivity index (χ2n) is 3.42. The van der Waals surface area contributed by atoms with Gasteiger partial charge in [-0.05, 0) is 17.7 Å². The van der Waals surface area contributed by atoms with E-state index in [0.29, 0.717) is 0 Å². The van der Waals surface area contributed by atoms with E-state index >= 15 is 0 Å². The molecule has 0 heterocycles. The van der Waals surface area contributed by atoms with Gasteiger partial charge in [-0.1, -0.05) is 50.9 Å². The standard InChI is InChI=1S/C10H11Br2FO3S/c1-2-17(15,16)10(11,12)9(14)7-4-3-5-8(13)6-7/h3-6,9,14H,2H2,1H3. The van der Waals surface area contributed by atoms with Crippen molar-refractivity contribution in [3.63, 3.8) is 0 Å². The summed E-state index contributed by atoms with van der Waals surface area (Å²) in [6.45, 7) is 1.46. The molecule has 1 aromatic rings. The Kier molecular flexibility index (Phi) is 4.73. The van der Waals surface area contributed by atoms with Gasteiger partial charge in [-0.25, -0.2) is 12.8 Å². The van der Waals surface area contributed by atoms with Crippen LogP contribution in [-0.2, 0) is 9.84 Å². The summed E-state index contributed by atoms with van der Waals surface area (Å²) in [4.78, 5) is 0. The first-order chi connectivity index (χ1) is 7.72. The van der Waals surface area contributed by atoms with Gasteiger partial charge in [0, 0.05) is 5.75 Å². The fraction of sp³-hybridized carbons (Fsp3) is 0.400. The third-order valence-electron chi connectivity index (χ3n) is 2.28. The van der Waals surface area contributed by atoms with E-state index in [1.165, 1.54) is 25.1 Å². The van der Waals surface area contributed by atoms with E-state index in [0.717, 1.165) is 6.07 Å². The molecule has 1 unspecified atom stereocenters. The highest BCUT2D eigenvalue weighted by molar-refractivity contribution is 9.28. The monoisotopic (exact) mass is 388 g/mol. The Labute approximate surface area is 116 Å². The first kappa shape index (κ1) is 15.1. The lowest BCUT2D eigenvalue weighted by Crippen LogP contribution is -2.33. The van der Waals surface area contributed by atoms with E-state index in [2.05, 4.69) is 31.9 Å². The van der Waals surface area contributed by atoms with Crippen LogP contribution >= 0.6 is 31.9 Å². The Bertz CT molecular complexity index is 502. The molecule has 0 fully saturated rings. The van der Waals surface area contributed by atoms with Crippen molar-refractivity contribution in [3.05, 3.63) is 35.6 Å². The van der Waals surface area contributed by atoms with E-state index in [-0.39, 0.29) is 11.3 Å². The van der Waals surface area contributed by atoms with Crippen molar-refractivity contribution in [1.82, 2.24) is 0 Å². The number of hydrogen-bond donors (Lipinski definition) is 1. The summed E-state index contributed by atoms with van der Waals surface area (Å²) in [5.74, 6) is -0.693. The smallest absolute Gasteiger partial charge is 0.210 e. The second-order valence-corrected chi connectivity index (χ2v) is 10.5. The average molecular weight is 390 g/mol. The van der Waals surface area contributed by atoms with Gasteiger partial charge in [0.1, 0.15) is 11.9 Å².